The summed E-state index contributed by atoms with van der Waals surface area (Å²) < 4.78 is 49.0. The predicted octanol–water partition coefficient (Wildman–Crippen LogP) is 4.38. The van der Waals surface area contributed by atoms with Crippen molar-refractivity contribution >= 4 is 29.3 Å². The summed E-state index contributed by atoms with van der Waals surface area (Å²) in [5.74, 6) is -5.96. The summed E-state index contributed by atoms with van der Waals surface area (Å²) in [6, 6.07) is 5.91. The van der Waals surface area contributed by atoms with Crippen LogP contribution in [0.5, 0.6) is 0 Å². The normalized spacial score (nSPS) is 37.3. The Kier molecular flexibility index (Phi) is 14.3. The van der Waals surface area contributed by atoms with E-state index in [1.165, 1.54) is 18.9 Å². The van der Waals surface area contributed by atoms with Gasteiger partial charge >= 0.3 is 12.1 Å². The van der Waals surface area contributed by atoms with Gasteiger partial charge in [-0.1, -0.05) is 57.2 Å². The van der Waals surface area contributed by atoms with Gasteiger partial charge in [0, 0.05) is 48.7 Å². The number of carbonyl (C=O) groups excluding carboxylic acids is 4. The molecule has 0 bridgehead atoms. The van der Waals surface area contributed by atoms with Crippen LogP contribution in [0.4, 0.5) is 14.9 Å². The number of aromatic nitrogens is 3. The number of esters is 1. The number of halogens is 1. The molecule has 60 heavy (non-hydrogen) atoms. The third kappa shape index (κ3) is 9.29. The van der Waals surface area contributed by atoms with Crippen LogP contribution in [-0.2, 0) is 44.6 Å². The number of aliphatic hydroxyl groups is 1. The minimum Gasteiger partial charge on any atom is -0.455 e. The Morgan fingerprint density at radius 1 is 1.07 bits per heavy atom. The van der Waals surface area contributed by atoms with Gasteiger partial charge in [0.05, 0.1) is 36.6 Å². The maximum absolute atomic E-state index is 16.9. The maximum Gasteiger partial charge on any atom is 0.411 e. The monoisotopic (exact) mass is 842 g/mol. The van der Waals surface area contributed by atoms with Crippen molar-refractivity contribution in [1.82, 2.24) is 24.8 Å². The summed E-state index contributed by atoms with van der Waals surface area (Å²) in [6.07, 6.45) is -0.305. The zero-order chi connectivity index (χ0) is 44.5. The van der Waals surface area contributed by atoms with Crippen molar-refractivity contribution in [2.45, 2.75) is 141 Å². The number of aliphatic hydroxyl groups excluding tert-OH is 1. The summed E-state index contributed by atoms with van der Waals surface area (Å²) in [7, 11) is 5.02. The summed E-state index contributed by atoms with van der Waals surface area (Å²) in [5.41, 5.74) is 1.66. The highest BCUT2D eigenvalue weighted by atomic mass is 19.1. The van der Waals surface area contributed by atoms with Crippen LogP contribution >= 0.6 is 0 Å². The van der Waals surface area contributed by atoms with E-state index in [9.17, 15) is 24.3 Å². The zero-order valence-corrected chi connectivity index (χ0v) is 36.7. The molecule has 16 nitrogen and oxygen atoms in total. The number of hydrogen-bond donors (Lipinski definition) is 2. The average molecular weight is 843 g/mol. The predicted molar refractivity (Wildman–Crippen MR) is 219 cm³/mol. The SMILES string of the molecule is CC[C@H]1OC(=O)[C@@](C)(F)C(=O)[C@H](C)[C@@H](O[C@@H]2O[C@H](C)CC(N(C)C)C2O)[C@](C)(OC)C[C@@H](C)C(=O)[C@H](C)[C@H]2N(C/C=C/Cn3cc(-c4cccc(N)c4)nn3)C(=O)O[C@]12C. The maximum atomic E-state index is 16.9. The van der Waals surface area contributed by atoms with Crippen molar-refractivity contribution in [2.75, 3.05) is 33.5 Å². The molecule has 0 aliphatic carbocycles. The Labute approximate surface area is 351 Å². The molecule has 3 N–H and O–H groups in total. The van der Waals surface area contributed by atoms with Crippen LogP contribution in [0, 0.1) is 17.8 Å². The number of rotatable bonds is 10. The molecular weight excluding hydrogens is 780 g/mol. The van der Waals surface area contributed by atoms with E-state index < -0.39 is 83.1 Å². The van der Waals surface area contributed by atoms with Gasteiger partial charge in [-0.05, 0) is 73.2 Å². The number of allylic oxidation sites excluding steroid dienone is 1. The molecule has 3 aliphatic rings. The first kappa shape index (κ1) is 46.8. The number of methoxy groups -OCH3 is 1. The van der Waals surface area contributed by atoms with Gasteiger partial charge in [0.15, 0.2) is 17.7 Å². The van der Waals surface area contributed by atoms with Crippen molar-refractivity contribution in [3.05, 3.63) is 42.6 Å². The lowest BCUT2D eigenvalue weighted by Gasteiger charge is -2.47. The molecule has 332 valence electrons. The van der Waals surface area contributed by atoms with Gasteiger partial charge < -0.3 is 39.4 Å². The molecule has 2 unspecified atom stereocenters. The number of ether oxygens (including phenoxy) is 5. The number of fused-ring (bicyclic) bond motifs is 1. The number of likely N-dealkylation sites (N-methyl/N-ethyl adjacent to an activating group) is 1. The molecule has 0 spiro atoms. The average Bonchev–Trinajstić information content (AvgIpc) is 3.78. The lowest BCUT2D eigenvalue weighted by atomic mass is 9.73. The number of carbonyl (C=O) groups is 4. The van der Waals surface area contributed by atoms with Gasteiger partial charge in [-0.25, -0.2) is 18.7 Å². The third-order valence-corrected chi connectivity index (χ3v) is 12.7. The Morgan fingerprint density at radius 3 is 2.38 bits per heavy atom. The molecule has 0 radical (unpaired) electrons. The second kappa shape index (κ2) is 18.4. The first-order valence-electron chi connectivity index (χ1n) is 20.7. The number of nitrogens with two attached hydrogens (primary N) is 1. The van der Waals surface area contributed by atoms with E-state index in [2.05, 4.69) is 10.3 Å². The number of cyclic esters (lactones) is 1. The topological polar surface area (TPSA) is 198 Å². The second-order valence-corrected chi connectivity index (χ2v) is 17.5. The molecule has 13 atom stereocenters. The number of Topliss-reactive ketones (excluding diaryl/α,β-unsaturated/α-hetero) is 2. The van der Waals surface area contributed by atoms with Gasteiger partial charge in [0.2, 0.25) is 0 Å². The Balaban J connectivity index is 1.48. The number of ketones is 2. The summed E-state index contributed by atoms with van der Waals surface area (Å²) in [4.78, 5) is 59.9. The number of amides is 1. The quantitative estimate of drug-likeness (QED) is 0.148. The van der Waals surface area contributed by atoms with Gasteiger partial charge in [0.25, 0.3) is 5.67 Å². The molecule has 4 heterocycles. The molecule has 3 aliphatic heterocycles. The summed E-state index contributed by atoms with van der Waals surface area (Å²) >= 11 is 0. The van der Waals surface area contributed by atoms with Crippen molar-refractivity contribution in [3.63, 3.8) is 0 Å². The fourth-order valence-corrected chi connectivity index (χ4v) is 9.26. The summed E-state index contributed by atoms with van der Waals surface area (Å²) in [5, 5.41) is 19.8. The Hall–Kier alpha value is -4.29. The zero-order valence-electron chi connectivity index (χ0n) is 36.7. The third-order valence-electron chi connectivity index (χ3n) is 12.7. The molecule has 2 aromatic rings. The van der Waals surface area contributed by atoms with E-state index in [0.29, 0.717) is 24.3 Å². The molecule has 1 aromatic heterocycles. The van der Waals surface area contributed by atoms with Gasteiger partial charge in [-0.15, -0.1) is 5.10 Å². The second-order valence-electron chi connectivity index (χ2n) is 17.5. The lowest BCUT2D eigenvalue weighted by molar-refractivity contribution is -0.295. The number of hydrogen-bond acceptors (Lipinski definition) is 14. The molecule has 1 aromatic carbocycles. The van der Waals surface area contributed by atoms with Crippen LogP contribution in [0.1, 0.15) is 74.7 Å². The first-order chi connectivity index (χ1) is 28.1. The Bertz CT molecular complexity index is 1910. The van der Waals surface area contributed by atoms with Crippen molar-refractivity contribution in [1.29, 1.82) is 0 Å². The summed E-state index contributed by atoms with van der Waals surface area (Å²) in [6.45, 7) is 12.7. The molecule has 17 heteroatoms. The number of alkyl halides is 1. The molecular formula is C43H63FN6O10. The van der Waals surface area contributed by atoms with Crippen LogP contribution in [0.2, 0.25) is 0 Å². The fourth-order valence-electron chi connectivity index (χ4n) is 9.26. The number of nitrogens with zero attached hydrogens (tertiary/aromatic N) is 5. The molecule has 1 amide bonds. The van der Waals surface area contributed by atoms with E-state index in [1.54, 1.807) is 69.8 Å². The van der Waals surface area contributed by atoms with Gasteiger partial charge in [-0.2, -0.15) is 0 Å². The fraction of sp³-hybridized carbons (Fsp3) is 0.674. The highest BCUT2D eigenvalue weighted by Crippen LogP contribution is 2.43. The number of anilines is 1. The molecule has 5 rings (SSSR count). The van der Waals surface area contributed by atoms with Crippen LogP contribution < -0.4 is 5.73 Å². The standard InChI is InChI=1S/C43H63FN6O10/c1-12-32-43(8)35(50(40(55)60-43)19-14-13-18-49-23-30(46-47-49)28-16-15-17-29(45)21-28)26(4)33(51)24(2)22-41(6,56-11)37(27(5)36(53)42(7,44)39(54)58-32)59-38-34(52)31(48(9)10)20-25(3)57-38/h13-17,21,23-27,31-32,34-35,37-38,52H,12,18-20,22,45H2,1-11H3/b14-13+/t24-,25-,26+,27+,31?,32-,34?,35-,37-,38+,41-,42+,43-/m1/s1. The number of benzene rings is 1. The van der Waals surface area contributed by atoms with Crippen molar-refractivity contribution in [3.8, 4) is 11.3 Å². The number of nitrogen functional groups attached to an aromatic ring is 1. The smallest absolute Gasteiger partial charge is 0.411 e. The first-order valence-corrected chi connectivity index (χ1v) is 20.7. The van der Waals surface area contributed by atoms with E-state index in [0.717, 1.165) is 12.5 Å². The van der Waals surface area contributed by atoms with E-state index in [-0.39, 0.29) is 37.3 Å². The van der Waals surface area contributed by atoms with Crippen LogP contribution in [0.15, 0.2) is 42.6 Å². The minimum atomic E-state index is -3.20. The van der Waals surface area contributed by atoms with E-state index >= 15 is 4.39 Å². The largest absolute Gasteiger partial charge is 0.455 e. The van der Waals surface area contributed by atoms with Crippen LogP contribution in [0.3, 0.4) is 0 Å². The minimum absolute atomic E-state index is 0.00481. The van der Waals surface area contributed by atoms with Gasteiger partial charge in [-0.3, -0.25) is 14.5 Å². The molecule has 3 fully saturated rings. The van der Waals surface area contributed by atoms with Crippen molar-refractivity contribution < 1.29 is 52.4 Å². The van der Waals surface area contributed by atoms with Crippen molar-refractivity contribution in [2.24, 2.45) is 17.8 Å². The molecule has 0 saturated carbocycles. The lowest BCUT2D eigenvalue weighted by Crippen LogP contribution is -2.61. The van der Waals surface area contributed by atoms with E-state index in [1.807, 2.05) is 38.1 Å². The van der Waals surface area contributed by atoms with E-state index in [4.69, 9.17) is 29.4 Å². The Morgan fingerprint density at radius 2 is 1.75 bits per heavy atom. The highest BCUT2D eigenvalue weighted by molar-refractivity contribution is 6.08. The van der Waals surface area contributed by atoms with Gasteiger partial charge in [0.1, 0.15) is 23.7 Å². The van der Waals surface area contributed by atoms with Crippen LogP contribution in [-0.4, -0.2) is 141 Å². The van der Waals surface area contributed by atoms with Crippen LogP contribution in [0.25, 0.3) is 11.3 Å². The highest BCUT2D eigenvalue weighted by Gasteiger charge is 2.61. The molecule has 3 saturated heterocycles.